The summed E-state index contributed by atoms with van der Waals surface area (Å²) in [4.78, 5) is 13.5. The Kier molecular flexibility index (Phi) is 7.13. The molecule has 0 bridgehead atoms. The van der Waals surface area contributed by atoms with Gasteiger partial charge in [-0.1, -0.05) is 35.4 Å². The first-order valence-corrected chi connectivity index (χ1v) is 12.9. The van der Waals surface area contributed by atoms with Crippen LogP contribution in [-0.2, 0) is 16.6 Å². The normalized spacial score (nSPS) is 11.6. The van der Waals surface area contributed by atoms with Crippen LogP contribution >= 0.6 is 11.6 Å². The fourth-order valence-electron chi connectivity index (χ4n) is 4.10. The third-order valence-electron chi connectivity index (χ3n) is 5.90. The average molecular weight is 529 g/mol. The SMILES string of the molecule is Cc1ccc(S(=O)(=O)NCc2c(C)cc(C)n2-c2ccc(Cl)cc2C(=O)c2c(F)cccc2F)cc1. The minimum absolute atomic E-state index is 0.0205. The van der Waals surface area contributed by atoms with E-state index in [4.69, 9.17) is 11.6 Å². The molecule has 3 aromatic carbocycles. The van der Waals surface area contributed by atoms with E-state index in [0.29, 0.717) is 17.1 Å². The summed E-state index contributed by atoms with van der Waals surface area (Å²) in [5.74, 6) is -2.85. The van der Waals surface area contributed by atoms with Crippen LogP contribution in [0.1, 0.15) is 38.4 Å². The molecule has 36 heavy (non-hydrogen) atoms. The van der Waals surface area contributed by atoms with Crippen LogP contribution in [-0.4, -0.2) is 18.8 Å². The lowest BCUT2D eigenvalue weighted by Crippen LogP contribution is -2.25. The van der Waals surface area contributed by atoms with Gasteiger partial charge in [-0.3, -0.25) is 4.79 Å². The third kappa shape index (κ3) is 4.97. The minimum Gasteiger partial charge on any atom is -0.316 e. The molecule has 4 rings (SSSR count). The maximum absolute atomic E-state index is 14.4. The van der Waals surface area contributed by atoms with Crippen LogP contribution in [0.4, 0.5) is 8.78 Å². The van der Waals surface area contributed by atoms with Gasteiger partial charge in [-0.05, 0) is 74.9 Å². The van der Waals surface area contributed by atoms with E-state index in [2.05, 4.69) is 4.72 Å². The Morgan fingerprint density at radius 1 is 0.944 bits per heavy atom. The van der Waals surface area contributed by atoms with Crippen molar-refractivity contribution in [3.8, 4) is 5.69 Å². The Bertz CT molecular complexity index is 1560. The lowest BCUT2D eigenvalue weighted by molar-refractivity contribution is 0.103. The summed E-state index contributed by atoms with van der Waals surface area (Å²) >= 11 is 6.16. The van der Waals surface area contributed by atoms with E-state index >= 15 is 0 Å². The number of aromatic nitrogens is 1. The number of benzene rings is 3. The van der Waals surface area contributed by atoms with E-state index in [1.54, 1.807) is 35.8 Å². The number of sulfonamides is 1. The maximum Gasteiger partial charge on any atom is 0.240 e. The monoisotopic (exact) mass is 528 g/mol. The summed E-state index contributed by atoms with van der Waals surface area (Å²) in [7, 11) is -3.82. The van der Waals surface area contributed by atoms with Gasteiger partial charge in [0.05, 0.1) is 22.7 Å². The van der Waals surface area contributed by atoms with E-state index in [1.807, 2.05) is 19.9 Å². The summed E-state index contributed by atoms with van der Waals surface area (Å²) < 4.78 is 59.0. The van der Waals surface area contributed by atoms with Crippen LogP contribution in [0.5, 0.6) is 0 Å². The number of halogens is 3. The molecule has 0 unspecified atom stereocenters. The predicted molar refractivity (Wildman–Crippen MR) is 135 cm³/mol. The van der Waals surface area contributed by atoms with Crippen molar-refractivity contribution < 1.29 is 22.0 Å². The van der Waals surface area contributed by atoms with Crippen LogP contribution in [0.2, 0.25) is 5.02 Å². The van der Waals surface area contributed by atoms with Gasteiger partial charge < -0.3 is 4.57 Å². The van der Waals surface area contributed by atoms with Crippen molar-refractivity contribution in [1.82, 2.24) is 9.29 Å². The molecular formula is C27H23ClF2N2O3S. The van der Waals surface area contributed by atoms with Crippen molar-refractivity contribution in [1.29, 1.82) is 0 Å². The molecule has 0 radical (unpaired) electrons. The molecule has 0 amide bonds. The van der Waals surface area contributed by atoms with E-state index in [1.165, 1.54) is 24.3 Å². The van der Waals surface area contributed by atoms with Crippen molar-refractivity contribution in [3.05, 3.63) is 117 Å². The number of hydrogen-bond acceptors (Lipinski definition) is 3. The third-order valence-corrected chi connectivity index (χ3v) is 7.55. The number of nitrogens with zero attached hydrogens (tertiary/aromatic N) is 1. The summed E-state index contributed by atoms with van der Waals surface area (Å²) in [6, 6.07) is 16.0. The van der Waals surface area contributed by atoms with Gasteiger partial charge >= 0.3 is 0 Å². The molecule has 0 saturated heterocycles. The van der Waals surface area contributed by atoms with E-state index < -0.39 is 33.0 Å². The lowest BCUT2D eigenvalue weighted by Gasteiger charge is -2.18. The zero-order valence-corrected chi connectivity index (χ0v) is 21.3. The lowest BCUT2D eigenvalue weighted by atomic mass is 10.00. The number of carbonyl (C=O) groups is 1. The molecular weight excluding hydrogens is 506 g/mol. The van der Waals surface area contributed by atoms with Gasteiger partial charge in [-0.15, -0.1) is 0 Å². The van der Waals surface area contributed by atoms with Crippen LogP contribution in [0.25, 0.3) is 5.69 Å². The zero-order valence-electron chi connectivity index (χ0n) is 19.8. The van der Waals surface area contributed by atoms with Gasteiger partial charge in [0, 0.05) is 22.0 Å². The fourth-order valence-corrected chi connectivity index (χ4v) is 5.26. The average Bonchev–Trinajstić information content (AvgIpc) is 3.10. The first-order valence-electron chi connectivity index (χ1n) is 11.0. The molecule has 0 aliphatic carbocycles. The second-order valence-electron chi connectivity index (χ2n) is 8.48. The summed E-state index contributed by atoms with van der Waals surface area (Å²) in [6.45, 7) is 5.38. The Hall–Kier alpha value is -3.33. The first-order chi connectivity index (χ1) is 17.0. The van der Waals surface area contributed by atoms with Crippen LogP contribution in [0, 0.1) is 32.4 Å². The van der Waals surface area contributed by atoms with Gasteiger partial charge in [0.15, 0.2) is 0 Å². The second kappa shape index (κ2) is 9.97. The van der Waals surface area contributed by atoms with Crippen molar-refractivity contribution in [2.24, 2.45) is 0 Å². The highest BCUT2D eigenvalue weighted by Crippen LogP contribution is 2.29. The second-order valence-corrected chi connectivity index (χ2v) is 10.7. The van der Waals surface area contributed by atoms with Gasteiger partial charge in [-0.2, -0.15) is 0 Å². The largest absolute Gasteiger partial charge is 0.316 e. The molecule has 0 aliphatic heterocycles. The molecule has 0 aliphatic rings. The van der Waals surface area contributed by atoms with E-state index in [-0.39, 0.29) is 22.0 Å². The summed E-state index contributed by atoms with van der Waals surface area (Å²) in [6.07, 6.45) is 0. The first kappa shape index (κ1) is 25.8. The van der Waals surface area contributed by atoms with Crippen LogP contribution < -0.4 is 4.72 Å². The highest BCUT2D eigenvalue weighted by atomic mass is 35.5. The highest BCUT2D eigenvalue weighted by molar-refractivity contribution is 7.89. The molecule has 1 heterocycles. The van der Waals surface area contributed by atoms with Gasteiger partial charge in [0.1, 0.15) is 11.6 Å². The highest BCUT2D eigenvalue weighted by Gasteiger charge is 2.25. The van der Waals surface area contributed by atoms with Gasteiger partial charge in [-0.25, -0.2) is 21.9 Å². The Morgan fingerprint density at radius 2 is 1.58 bits per heavy atom. The molecule has 0 atom stereocenters. The zero-order chi connectivity index (χ0) is 26.2. The van der Waals surface area contributed by atoms with Crippen molar-refractivity contribution in [3.63, 3.8) is 0 Å². The minimum atomic E-state index is -3.82. The molecule has 0 spiro atoms. The summed E-state index contributed by atoms with van der Waals surface area (Å²) in [5, 5.41) is 0.210. The number of nitrogens with one attached hydrogen (secondary N) is 1. The van der Waals surface area contributed by atoms with Crippen LogP contribution in [0.15, 0.2) is 71.6 Å². The topological polar surface area (TPSA) is 68.2 Å². The standard InChI is InChI=1S/C27H23ClF2N2O3S/c1-16-7-10-20(11-8-16)36(34,35)31-15-25-17(2)13-18(3)32(25)24-12-9-19(28)14-21(24)27(33)26-22(29)5-4-6-23(26)30/h4-14,31H,15H2,1-3H3. The Balaban J connectivity index is 1.79. The summed E-state index contributed by atoms with van der Waals surface area (Å²) in [5.41, 5.74) is 2.57. The van der Waals surface area contributed by atoms with Gasteiger partial charge in [0.2, 0.25) is 15.8 Å². The molecule has 0 saturated carbocycles. The molecule has 1 aromatic heterocycles. The molecule has 5 nitrogen and oxygen atoms in total. The number of carbonyl (C=O) groups excluding carboxylic acids is 1. The molecule has 0 fully saturated rings. The molecule has 9 heteroatoms. The molecule has 1 N–H and O–H groups in total. The van der Waals surface area contributed by atoms with Crippen molar-refractivity contribution in [2.45, 2.75) is 32.2 Å². The number of rotatable bonds is 7. The predicted octanol–water partition coefficient (Wildman–Crippen LogP) is 6.04. The molecule has 186 valence electrons. The fraction of sp³-hybridized carbons (Fsp3) is 0.148. The molecule has 4 aromatic rings. The maximum atomic E-state index is 14.4. The van der Waals surface area contributed by atoms with Crippen molar-refractivity contribution in [2.75, 3.05) is 0 Å². The van der Waals surface area contributed by atoms with E-state index in [0.717, 1.165) is 23.3 Å². The number of aryl methyl sites for hydroxylation is 3. The Labute approximate surface area is 213 Å². The quantitative estimate of drug-likeness (QED) is 0.297. The number of hydrogen-bond donors (Lipinski definition) is 1. The van der Waals surface area contributed by atoms with E-state index in [9.17, 15) is 22.0 Å². The van der Waals surface area contributed by atoms with Gasteiger partial charge in [0.25, 0.3) is 0 Å². The Morgan fingerprint density at radius 3 is 2.22 bits per heavy atom. The smallest absolute Gasteiger partial charge is 0.240 e. The van der Waals surface area contributed by atoms with Crippen LogP contribution in [0.3, 0.4) is 0 Å². The van der Waals surface area contributed by atoms with Crippen molar-refractivity contribution >= 4 is 27.4 Å². The number of ketones is 1.